The molecule has 4 nitrogen and oxygen atoms in total. The van der Waals surface area contributed by atoms with Gasteiger partial charge in [-0.05, 0) is 35.6 Å². The molecule has 3 rings (SSSR count). The summed E-state index contributed by atoms with van der Waals surface area (Å²) in [5.41, 5.74) is 9.26. The highest BCUT2D eigenvalue weighted by atomic mass is 16.1. The van der Waals surface area contributed by atoms with E-state index in [2.05, 4.69) is 6.19 Å². The quantitative estimate of drug-likeness (QED) is 0.886. The zero-order valence-electron chi connectivity index (χ0n) is 12.9. The van der Waals surface area contributed by atoms with E-state index in [9.17, 15) is 10.1 Å². The number of likely N-dealkylation sites (tertiary alicyclic amines) is 1. The number of nitrogens with two attached hydrogens (primary N) is 1. The van der Waals surface area contributed by atoms with E-state index in [0.29, 0.717) is 12.1 Å². The highest BCUT2D eigenvalue weighted by Crippen LogP contribution is 2.36. The van der Waals surface area contributed by atoms with Crippen molar-refractivity contribution in [2.24, 2.45) is 5.73 Å². The second kappa shape index (κ2) is 6.53. The fourth-order valence-electron chi connectivity index (χ4n) is 3.39. The van der Waals surface area contributed by atoms with E-state index in [0.717, 1.165) is 36.1 Å². The molecule has 2 aromatic carbocycles. The van der Waals surface area contributed by atoms with Crippen molar-refractivity contribution in [1.82, 2.24) is 4.90 Å². The fraction of sp³-hybridized carbons (Fsp3) is 0.263. The minimum absolute atomic E-state index is 0.141. The van der Waals surface area contributed by atoms with Crippen LogP contribution in [-0.2, 0) is 0 Å². The molecule has 0 radical (unpaired) electrons. The number of amides is 1. The molecule has 1 saturated heterocycles. The molecule has 2 N–H and O–H groups in total. The Morgan fingerprint density at radius 2 is 1.96 bits per heavy atom. The van der Waals surface area contributed by atoms with Crippen LogP contribution in [0, 0.1) is 11.5 Å². The number of hydrogen-bond donors (Lipinski definition) is 1. The summed E-state index contributed by atoms with van der Waals surface area (Å²) < 4.78 is 0. The SMILES string of the molecule is N#CN1CCCC(c2c(C(N)=O)cccc2-c2ccccc2)C1. The maximum atomic E-state index is 11.9. The van der Waals surface area contributed by atoms with Gasteiger partial charge in [0.2, 0.25) is 5.91 Å². The molecule has 0 aliphatic carbocycles. The van der Waals surface area contributed by atoms with Crippen LogP contribution in [0.4, 0.5) is 0 Å². The highest BCUT2D eigenvalue weighted by molar-refractivity contribution is 5.96. The van der Waals surface area contributed by atoms with Gasteiger partial charge in [-0.25, -0.2) is 0 Å². The molecular weight excluding hydrogens is 286 g/mol. The monoisotopic (exact) mass is 305 g/mol. The number of carbonyl (C=O) groups is 1. The molecule has 1 fully saturated rings. The summed E-state index contributed by atoms with van der Waals surface area (Å²) in [5, 5.41) is 9.20. The Balaban J connectivity index is 2.13. The first-order valence-electron chi connectivity index (χ1n) is 7.83. The Kier molecular flexibility index (Phi) is 4.29. The summed E-state index contributed by atoms with van der Waals surface area (Å²) in [5.74, 6) is -0.269. The molecule has 116 valence electrons. The number of carbonyl (C=O) groups excluding carboxylic acids is 1. The molecule has 0 spiro atoms. The fourth-order valence-corrected chi connectivity index (χ4v) is 3.39. The Labute approximate surface area is 136 Å². The molecule has 1 heterocycles. The standard InChI is InChI=1S/C19H19N3O/c20-13-22-11-5-8-15(12-22)18-16(14-6-2-1-3-7-14)9-4-10-17(18)19(21)23/h1-4,6-7,9-10,15H,5,8,11-12H2,(H2,21,23). The van der Waals surface area contributed by atoms with Crippen LogP contribution in [0.1, 0.15) is 34.7 Å². The van der Waals surface area contributed by atoms with Crippen LogP contribution in [-0.4, -0.2) is 23.9 Å². The van der Waals surface area contributed by atoms with Gasteiger partial charge in [-0.1, -0.05) is 42.5 Å². The van der Waals surface area contributed by atoms with Gasteiger partial charge in [-0.2, -0.15) is 5.26 Å². The molecule has 0 aromatic heterocycles. The van der Waals surface area contributed by atoms with E-state index < -0.39 is 5.91 Å². The molecule has 0 bridgehead atoms. The molecule has 1 aliphatic rings. The van der Waals surface area contributed by atoms with Gasteiger partial charge >= 0.3 is 0 Å². The van der Waals surface area contributed by atoms with Gasteiger partial charge in [-0.15, -0.1) is 0 Å². The van der Waals surface area contributed by atoms with E-state index in [-0.39, 0.29) is 5.92 Å². The number of benzene rings is 2. The molecule has 4 heteroatoms. The maximum absolute atomic E-state index is 11.9. The molecule has 1 amide bonds. The van der Waals surface area contributed by atoms with Crippen molar-refractivity contribution in [2.75, 3.05) is 13.1 Å². The van der Waals surface area contributed by atoms with Gasteiger partial charge in [0.15, 0.2) is 6.19 Å². The summed E-state index contributed by atoms with van der Waals surface area (Å²) in [4.78, 5) is 13.7. The molecule has 23 heavy (non-hydrogen) atoms. The summed E-state index contributed by atoms with van der Waals surface area (Å²) in [6.07, 6.45) is 4.13. The number of rotatable bonds is 3. The van der Waals surface area contributed by atoms with Crippen molar-refractivity contribution in [2.45, 2.75) is 18.8 Å². The summed E-state index contributed by atoms with van der Waals surface area (Å²) >= 11 is 0. The first-order valence-corrected chi connectivity index (χ1v) is 7.83. The van der Waals surface area contributed by atoms with Crippen molar-refractivity contribution in [3.8, 4) is 17.3 Å². The third-order valence-electron chi connectivity index (χ3n) is 4.43. The smallest absolute Gasteiger partial charge is 0.249 e. The number of primary amides is 1. The van der Waals surface area contributed by atoms with Crippen molar-refractivity contribution < 1.29 is 4.79 Å². The van der Waals surface area contributed by atoms with Crippen LogP contribution >= 0.6 is 0 Å². The van der Waals surface area contributed by atoms with E-state index in [1.54, 1.807) is 11.0 Å². The van der Waals surface area contributed by atoms with Crippen molar-refractivity contribution in [3.05, 3.63) is 59.7 Å². The first-order chi connectivity index (χ1) is 11.2. The van der Waals surface area contributed by atoms with E-state index in [4.69, 9.17) is 5.73 Å². The molecule has 1 unspecified atom stereocenters. The lowest BCUT2D eigenvalue weighted by Crippen LogP contribution is -2.32. The van der Waals surface area contributed by atoms with Gasteiger partial charge in [0, 0.05) is 24.6 Å². The second-order valence-electron chi connectivity index (χ2n) is 5.88. The predicted molar refractivity (Wildman–Crippen MR) is 89.6 cm³/mol. The molecule has 2 aromatic rings. The largest absolute Gasteiger partial charge is 0.366 e. The number of nitrogens with zero attached hydrogens (tertiary/aromatic N) is 2. The normalized spacial score (nSPS) is 17.5. The number of nitriles is 1. The molecule has 1 atom stereocenters. The minimum atomic E-state index is -0.410. The zero-order chi connectivity index (χ0) is 16.2. The highest BCUT2D eigenvalue weighted by Gasteiger charge is 2.26. The molecule has 0 saturated carbocycles. The van der Waals surface area contributed by atoms with Crippen LogP contribution in [0.3, 0.4) is 0 Å². The van der Waals surface area contributed by atoms with Gasteiger partial charge in [0.05, 0.1) is 0 Å². The first kappa shape index (κ1) is 15.1. The van der Waals surface area contributed by atoms with Gasteiger partial charge in [0.25, 0.3) is 0 Å². The summed E-state index contributed by atoms with van der Waals surface area (Å²) in [7, 11) is 0. The Morgan fingerprint density at radius 1 is 1.17 bits per heavy atom. The van der Waals surface area contributed by atoms with Gasteiger partial charge in [0.1, 0.15) is 0 Å². The molecular formula is C19H19N3O. The van der Waals surface area contributed by atoms with Crippen LogP contribution < -0.4 is 5.73 Å². The van der Waals surface area contributed by atoms with Gasteiger partial charge < -0.3 is 10.6 Å². The lowest BCUT2D eigenvalue weighted by atomic mass is 9.82. The second-order valence-corrected chi connectivity index (χ2v) is 5.88. The number of piperidine rings is 1. The van der Waals surface area contributed by atoms with Crippen LogP contribution in [0.15, 0.2) is 48.5 Å². The van der Waals surface area contributed by atoms with E-state index in [1.165, 1.54) is 0 Å². The third kappa shape index (κ3) is 3.04. The number of hydrogen-bond acceptors (Lipinski definition) is 3. The van der Waals surface area contributed by atoms with Crippen LogP contribution in [0.5, 0.6) is 0 Å². The lowest BCUT2D eigenvalue weighted by molar-refractivity contribution is 0.0998. The summed E-state index contributed by atoms with van der Waals surface area (Å²) in [6.45, 7) is 1.42. The minimum Gasteiger partial charge on any atom is -0.366 e. The van der Waals surface area contributed by atoms with E-state index >= 15 is 0 Å². The van der Waals surface area contributed by atoms with Gasteiger partial charge in [-0.3, -0.25) is 4.79 Å². The Hall–Kier alpha value is -2.80. The average molecular weight is 305 g/mol. The Morgan fingerprint density at radius 3 is 2.65 bits per heavy atom. The molecule has 1 aliphatic heterocycles. The Bertz CT molecular complexity index is 749. The van der Waals surface area contributed by atoms with E-state index in [1.807, 2.05) is 42.5 Å². The predicted octanol–water partition coefficient (Wildman–Crippen LogP) is 3.11. The topological polar surface area (TPSA) is 70.1 Å². The lowest BCUT2D eigenvalue weighted by Gasteiger charge is -2.31. The zero-order valence-corrected chi connectivity index (χ0v) is 12.9. The maximum Gasteiger partial charge on any atom is 0.249 e. The van der Waals surface area contributed by atoms with Crippen molar-refractivity contribution in [3.63, 3.8) is 0 Å². The van der Waals surface area contributed by atoms with Crippen molar-refractivity contribution >= 4 is 5.91 Å². The van der Waals surface area contributed by atoms with Crippen LogP contribution in [0.2, 0.25) is 0 Å². The third-order valence-corrected chi connectivity index (χ3v) is 4.43. The summed E-state index contributed by atoms with van der Waals surface area (Å²) in [6, 6.07) is 15.7. The average Bonchev–Trinajstić information content (AvgIpc) is 2.61. The van der Waals surface area contributed by atoms with Crippen molar-refractivity contribution in [1.29, 1.82) is 5.26 Å². The van der Waals surface area contributed by atoms with Crippen LogP contribution in [0.25, 0.3) is 11.1 Å².